The van der Waals surface area contributed by atoms with Gasteiger partial charge in [-0.1, -0.05) is 80.3 Å². The van der Waals surface area contributed by atoms with Crippen LogP contribution >= 0.6 is 7.26 Å². The van der Waals surface area contributed by atoms with E-state index in [1.165, 1.54) is 34.5 Å². The lowest BCUT2D eigenvalue weighted by molar-refractivity contribution is -0.00000546. The summed E-state index contributed by atoms with van der Waals surface area (Å²) in [6.07, 6.45) is 2.57. The van der Waals surface area contributed by atoms with Gasteiger partial charge in [0.05, 0.1) is 6.16 Å². The van der Waals surface area contributed by atoms with Gasteiger partial charge < -0.3 is 24.0 Å². The van der Waals surface area contributed by atoms with Crippen LogP contribution in [-0.4, -0.2) is 14.2 Å². The molecule has 0 saturated heterocycles. The molecule has 0 aliphatic heterocycles. The molecule has 0 aliphatic carbocycles. The predicted molar refractivity (Wildman–Crippen MR) is 123 cm³/mol. The van der Waals surface area contributed by atoms with E-state index in [1.807, 2.05) is 0 Å². The Morgan fingerprint density at radius 3 is 1.22 bits per heavy atom. The summed E-state index contributed by atoms with van der Waals surface area (Å²) in [4.78, 5) is 0. The lowest BCUT2D eigenvalue weighted by Gasteiger charge is -2.28. The quantitative estimate of drug-likeness (QED) is 0.264. The highest BCUT2D eigenvalue weighted by molar-refractivity contribution is 7.95. The van der Waals surface area contributed by atoms with Gasteiger partial charge in [0, 0.05) is 8.07 Å². The first-order valence-electron chi connectivity index (χ1n) is 9.57. The van der Waals surface area contributed by atoms with Crippen LogP contribution in [0.5, 0.6) is 0 Å². The Morgan fingerprint density at radius 1 is 0.593 bits per heavy atom. The highest BCUT2D eigenvalue weighted by Gasteiger charge is 2.44. The first-order chi connectivity index (χ1) is 12.5. The molecule has 3 aromatic carbocycles. The van der Waals surface area contributed by atoms with Crippen LogP contribution in [0.25, 0.3) is 0 Å². The Balaban J connectivity index is 0.00000261. The Kier molecular flexibility index (Phi) is 8.27. The molecule has 0 N–H and O–H groups in total. The molecule has 0 nitrogen and oxygen atoms in total. The summed E-state index contributed by atoms with van der Waals surface area (Å²) in [6, 6.07) is 35.1. The fraction of sp³-hybridized carbons (Fsp3) is 0.250. The third-order valence-corrected chi connectivity index (χ3v) is 11.4. The average Bonchev–Trinajstić information content (AvgIpc) is 2.67. The molecule has 142 valence electrons. The lowest BCUT2D eigenvalue weighted by atomic mass is 10.4. The molecule has 0 spiro atoms. The van der Waals surface area contributed by atoms with Gasteiger partial charge in [-0.3, -0.25) is 0 Å². The number of hydrogen-bond donors (Lipinski definition) is 0. The largest absolute Gasteiger partial charge is 1.00 e. The van der Waals surface area contributed by atoms with Gasteiger partial charge in [-0.2, -0.15) is 0 Å². The van der Waals surface area contributed by atoms with E-state index in [2.05, 4.69) is 111 Å². The second-order valence-corrected chi connectivity index (χ2v) is 17.4. The smallest absolute Gasteiger partial charge is 0.112 e. The van der Waals surface area contributed by atoms with E-state index in [1.54, 1.807) is 0 Å². The molecule has 0 fully saturated rings. The Hall–Kier alpha value is -0.963. The van der Waals surface area contributed by atoms with Gasteiger partial charge in [0.25, 0.3) is 0 Å². The molecule has 0 aromatic heterocycles. The van der Waals surface area contributed by atoms with Gasteiger partial charge in [-0.25, -0.2) is 0 Å². The summed E-state index contributed by atoms with van der Waals surface area (Å²) in [5.41, 5.74) is 0. The van der Waals surface area contributed by atoms with Crippen LogP contribution in [0.1, 0.15) is 6.42 Å². The second-order valence-electron chi connectivity index (χ2n) is 8.20. The van der Waals surface area contributed by atoms with Crippen molar-refractivity contribution < 1.29 is 24.0 Å². The molecule has 0 atom stereocenters. The molecule has 0 bridgehead atoms. The van der Waals surface area contributed by atoms with Crippen LogP contribution < -0.4 is 39.9 Å². The summed E-state index contributed by atoms with van der Waals surface area (Å²) in [7, 11) is -2.66. The SMILES string of the molecule is C[Si](C)(C)CCC[P+](c1ccccc1)(c1ccccc1)c1ccccc1.[I-]. The van der Waals surface area contributed by atoms with E-state index in [-0.39, 0.29) is 24.0 Å². The highest BCUT2D eigenvalue weighted by Crippen LogP contribution is 2.56. The van der Waals surface area contributed by atoms with Gasteiger partial charge in [0.15, 0.2) is 0 Å². The molecule has 0 heterocycles. The topological polar surface area (TPSA) is 0 Å². The van der Waals surface area contributed by atoms with Gasteiger partial charge >= 0.3 is 0 Å². The van der Waals surface area contributed by atoms with E-state index < -0.39 is 15.3 Å². The molecule has 0 unspecified atom stereocenters. The summed E-state index contributed by atoms with van der Waals surface area (Å²) in [6.45, 7) is 7.46. The molecule has 0 amide bonds. The van der Waals surface area contributed by atoms with Crippen molar-refractivity contribution in [2.45, 2.75) is 32.1 Å². The van der Waals surface area contributed by atoms with Crippen molar-refractivity contribution in [3.63, 3.8) is 0 Å². The van der Waals surface area contributed by atoms with Crippen LogP contribution in [0, 0.1) is 0 Å². The Bertz CT molecular complexity index is 701. The van der Waals surface area contributed by atoms with Crippen molar-refractivity contribution in [1.29, 1.82) is 0 Å². The predicted octanol–water partition coefficient (Wildman–Crippen LogP) is 2.71. The zero-order valence-corrected chi connectivity index (χ0v) is 20.7. The molecule has 0 radical (unpaired) electrons. The van der Waals surface area contributed by atoms with Gasteiger partial charge in [-0.15, -0.1) is 0 Å². The average molecular weight is 504 g/mol. The zero-order chi connectivity index (χ0) is 18.5. The standard InChI is InChI=1S/C24H30PSi.HI/c1-26(2,3)21-13-20-25(22-14-7-4-8-15-22,23-16-9-5-10-17-23)24-18-11-6-12-19-24;/h4-12,14-19H,13,20-21H2,1-3H3;1H/q+1;/p-1. The molecule has 3 heteroatoms. The Morgan fingerprint density at radius 2 is 0.926 bits per heavy atom. The van der Waals surface area contributed by atoms with Crippen molar-refractivity contribution in [2.75, 3.05) is 6.16 Å². The lowest BCUT2D eigenvalue weighted by Crippen LogP contribution is -3.00. The fourth-order valence-electron chi connectivity index (χ4n) is 3.73. The normalized spacial score (nSPS) is 11.7. The van der Waals surface area contributed by atoms with Crippen molar-refractivity contribution in [2.24, 2.45) is 0 Å². The summed E-state index contributed by atoms with van der Waals surface area (Å²) < 4.78 is 0. The van der Waals surface area contributed by atoms with Crippen LogP contribution in [0.2, 0.25) is 25.7 Å². The van der Waals surface area contributed by atoms with Gasteiger partial charge in [0.1, 0.15) is 23.2 Å². The van der Waals surface area contributed by atoms with Crippen LogP contribution in [0.4, 0.5) is 0 Å². The van der Waals surface area contributed by atoms with Crippen LogP contribution in [0.3, 0.4) is 0 Å². The molecule has 0 saturated carbocycles. The summed E-state index contributed by atoms with van der Waals surface area (Å²) >= 11 is 0. The molecule has 27 heavy (non-hydrogen) atoms. The third-order valence-electron chi connectivity index (χ3n) is 5.01. The third kappa shape index (κ3) is 5.53. The van der Waals surface area contributed by atoms with Crippen molar-refractivity contribution in [3.8, 4) is 0 Å². The van der Waals surface area contributed by atoms with Gasteiger partial charge in [-0.05, 0) is 42.8 Å². The minimum Gasteiger partial charge on any atom is -1.00 e. The van der Waals surface area contributed by atoms with Crippen molar-refractivity contribution >= 4 is 31.2 Å². The molecule has 3 rings (SSSR count). The first kappa shape index (κ1) is 22.3. The first-order valence-corrected chi connectivity index (χ1v) is 15.3. The summed E-state index contributed by atoms with van der Waals surface area (Å²) in [5, 5.41) is 4.52. The zero-order valence-electron chi connectivity index (χ0n) is 16.6. The van der Waals surface area contributed by atoms with Crippen LogP contribution in [0.15, 0.2) is 91.0 Å². The van der Waals surface area contributed by atoms with Gasteiger partial charge in [0.2, 0.25) is 0 Å². The van der Waals surface area contributed by atoms with E-state index in [4.69, 9.17) is 0 Å². The van der Waals surface area contributed by atoms with Crippen LogP contribution in [-0.2, 0) is 0 Å². The molecular weight excluding hydrogens is 474 g/mol. The maximum Gasteiger partial charge on any atom is 0.112 e. The maximum absolute atomic E-state index is 2.49. The highest BCUT2D eigenvalue weighted by atomic mass is 127. The molecule has 0 aliphatic rings. The van der Waals surface area contributed by atoms with E-state index in [0.29, 0.717) is 0 Å². The summed E-state index contributed by atoms with van der Waals surface area (Å²) in [5.74, 6) is 0. The molecule has 3 aromatic rings. The van der Waals surface area contributed by atoms with E-state index >= 15 is 0 Å². The van der Waals surface area contributed by atoms with Crippen molar-refractivity contribution in [1.82, 2.24) is 0 Å². The number of rotatable bonds is 7. The second kappa shape index (κ2) is 10.00. The minimum atomic E-state index is -1.62. The minimum absolute atomic E-state index is 0. The number of benzene rings is 3. The number of hydrogen-bond acceptors (Lipinski definition) is 0. The fourth-order valence-corrected chi connectivity index (χ4v) is 9.61. The monoisotopic (exact) mass is 504 g/mol. The van der Waals surface area contributed by atoms with E-state index in [0.717, 1.165) is 0 Å². The maximum atomic E-state index is 2.49. The number of halogens is 1. The Labute approximate surface area is 183 Å². The van der Waals surface area contributed by atoms with E-state index in [9.17, 15) is 0 Å². The molecular formula is C24H30IPSi. The van der Waals surface area contributed by atoms with Crippen molar-refractivity contribution in [3.05, 3.63) is 91.0 Å².